The highest BCUT2D eigenvalue weighted by Crippen LogP contribution is 2.33. The molecule has 1 amide bonds. The van der Waals surface area contributed by atoms with Crippen LogP contribution >= 0.6 is 0 Å². The topological polar surface area (TPSA) is 75.7 Å². The molecule has 0 unspecified atom stereocenters. The second-order valence-corrected chi connectivity index (χ2v) is 10.3. The molecule has 1 N–H and O–H groups in total. The second kappa shape index (κ2) is 8.40. The maximum absolute atomic E-state index is 12.5. The molecule has 2 aliphatic heterocycles. The molecule has 6 nitrogen and oxygen atoms in total. The number of rotatable bonds is 5. The molecule has 2 heterocycles. The normalized spacial score (nSPS) is 21.7. The molecule has 1 fully saturated rings. The summed E-state index contributed by atoms with van der Waals surface area (Å²) in [6.07, 6.45) is 5.05. The molecule has 1 saturated heterocycles. The van der Waals surface area contributed by atoms with E-state index in [0.29, 0.717) is 11.4 Å². The van der Waals surface area contributed by atoms with Crippen molar-refractivity contribution in [2.45, 2.75) is 42.7 Å². The minimum absolute atomic E-state index is 0.0379. The summed E-state index contributed by atoms with van der Waals surface area (Å²) >= 11 is 0. The number of hydrogen-bond donors (Lipinski definition) is 1. The van der Waals surface area contributed by atoms with Gasteiger partial charge in [-0.2, -0.15) is 0 Å². The van der Waals surface area contributed by atoms with Gasteiger partial charge in [-0.1, -0.05) is 24.6 Å². The first-order chi connectivity index (χ1) is 14.3. The molecule has 7 heteroatoms. The lowest BCUT2D eigenvalue weighted by molar-refractivity contribution is -0.127. The second-order valence-electron chi connectivity index (χ2n) is 8.30. The van der Waals surface area contributed by atoms with Crippen LogP contribution in [0.5, 0.6) is 5.75 Å². The van der Waals surface area contributed by atoms with E-state index in [1.54, 1.807) is 12.1 Å². The average molecular weight is 429 g/mol. The Balaban J connectivity index is 1.38. The van der Waals surface area contributed by atoms with Crippen LogP contribution in [0.3, 0.4) is 0 Å². The van der Waals surface area contributed by atoms with Crippen LogP contribution in [0.15, 0.2) is 47.4 Å². The molecule has 2 atom stereocenters. The van der Waals surface area contributed by atoms with Gasteiger partial charge >= 0.3 is 0 Å². The molecule has 2 aromatic carbocycles. The number of ether oxygens (including phenoxy) is 1. The van der Waals surface area contributed by atoms with Crippen LogP contribution in [-0.2, 0) is 21.1 Å². The highest BCUT2D eigenvalue weighted by Gasteiger charge is 2.28. The monoisotopic (exact) mass is 428 g/mol. The highest BCUT2D eigenvalue weighted by molar-refractivity contribution is 7.90. The van der Waals surface area contributed by atoms with E-state index < -0.39 is 9.84 Å². The lowest BCUT2D eigenvalue weighted by atomic mass is 10.0. The molecule has 2 aromatic rings. The van der Waals surface area contributed by atoms with Gasteiger partial charge in [0.1, 0.15) is 11.9 Å². The van der Waals surface area contributed by atoms with Gasteiger partial charge in [-0.05, 0) is 67.4 Å². The number of benzene rings is 2. The first-order valence-corrected chi connectivity index (χ1v) is 12.3. The maximum Gasteiger partial charge on any atom is 0.237 e. The van der Waals surface area contributed by atoms with E-state index in [0.717, 1.165) is 54.7 Å². The smallest absolute Gasteiger partial charge is 0.237 e. The largest absolute Gasteiger partial charge is 0.488 e. The molecule has 0 bridgehead atoms. The molecular formula is C23H28N2O4S. The Hall–Kier alpha value is -2.38. The number of nitrogens with zero attached hydrogens (tertiary/aromatic N) is 1. The van der Waals surface area contributed by atoms with Gasteiger partial charge in [0.05, 0.1) is 17.5 Å². The van der Waals surface area contributed by atoms with Crippen molar-refractivity contribution in [3.8, 4) is 16.9 Å². The number of hydrogen-bond acceptors (Lipinski definition) is 5. The Morgan fingerprint density at radius 1 is 1.13 bits per heavy atom. The Labute approximate surface area is 178 Å². The lowest BCUT2D eigenvalue weighted by Gasteiger charge is -2.31. The molecule has 4 rings (SSSR count). The van der Waals surface area contributed by atoms with Gasteiger partial charge in [-0.3, -0.25) is 9.69 Å². The van der Waals surface area contributed by atoms with Crippen LogP contribution in [-0.4, -0.2) is 57.8 Å². The van der Waals surface area contributed by atoms with E-state index in [2.05, 4.69) is 16.3 Å². The predicted octanol–water partition coefficient (Wildman–Crippen LogP) is 2.66. The summed E-state index contributed by atoms with van der Waals surface area (Å²) < 4.78 is 29.3. The van der Waals surface area contributed by atoms with Gasteiger partial charge in [-0.15, -0.1) is 0 Å². The number of amides is 1. The maximum atomic E-state index is 12.5. The molecule has 30 heavy (non-hydrogen) atoms. The third-order valence-electron chi connectivity index (χ3n) is 5.99. The number of fused-ring (bicyclic) bond motifs is 1. The number of piperidine rings is 1. The van der Waals surface area contributed by atoms with Crippen LogP contribution in [0.4, 0.5) is 0 Å². The summed E-state index contributed by atoms with van der Waals surface area (Å²) in [4.78, 5) is 15.0. The van der Waals surface area contributed by atoms with Gasteiger partial charge in [0, 0.05) is 12.7 Å². The average Bonchev–Trinajstić information content (AvgIpc) is 3.14. The van der Waals surface area contributed by atoms with Crippen molar-refractivity contribution >= 4 is 15.7 Å². The van der Waals surface area contributed by atoms with Crippen LogP contribution in [0, 0.1) is 0 Å². The molecule has 0 saturated carbocycles. The van der Waals surface area contributed by atoms with Gasteiger partial charge < -0.3 is 10.1 Å². The number of nitrogens with one attached hydrogen (secondary N) is 1. The van der Waals surface area contributed by atoms with Gasteiger partial charge in [-0.25, -0.2) is 8.42 Å². The summed E-state index contributed by atoms with van der Waals surface area (Å²) in [6, 6.07) is 12.9. The molecule has 0 radical (unpaired) electrons. The third-order valence-corrected chi connectivity index (χ3v) is 7.12. The fourth-order valence-electron chi connectivity index (χ4n) is 4.25. The Bertz CT molecular complexity index is 1030. The lowest BCUT2D eigenvalue weighted by Crippen LogP contribution is -2.49. The fourth-order valence-corrected chi connectivity index (χ4v) is 4.88. The summed E-state index contributed by atoms with van der Waals surface area (Å²) in [5, 5.41) is 3.06. The third kappa shape index (κ3) is 4.52. The van der Waals surface area contributed by atoms with Crippen molar-refractivity contribution in [1.29, 1.82) is 0 Å². The van der Waals surface area contributed by atoms with E-state index in [1.165, 1.54) is 6.26 Å². The van der Waals surface area contributed by atoms with Crippen molar-refractivity contribution in [3.63, 3.8) is 0 Å². The van der Waals surface area contributed by atoms with Crippen LogP contribution in [0.25, 0.3) is 11.1 Å². The van der Waals surface area contributed by atoms with Crippen molar-refractivity contribution < 1.29 is 17.9 Å². The SMILES string of the molecule is CN1CCCC[C@H]1C(=O)NC[C@H]1Cc2cc(-c3ccc(S(C)(=O)=O)cc3)ccc2O1. The number of carbonyl (C=O) groups is 1. The number of carbonyl (C=O) groups excluding carboxylic acids is 1. The van der Waals surface area contributed by atoms with Gasteiger partial charge in [0.2, 0.25) is 5.91 Å². The van der Waals surface area contributed by atoms with E-state index in [1.807, 2.05) is 31.3 Å². The zero-order valence-corrected chi connectivity index (χ0v) is 18.2. The first kappa shape index (κ1) is 20.9. The van der Waals surface area contributed by atoms with Crippen molar-refractivity contribution in [3.05, 3.63) is 48.0 Å². The Morgan fingerprint density at radius 3 is 2.57 bits per heavy atom. The fraction of sp³-hybridized carbons (Fsp3) is 0.435. The molecule has 0 aliphatic carbocycles. The molecular weight excluding hydrogens is 400 g/mol. The van der Waals surface area contributed by atoms with Crippen LogP contribution < -0.4 is 10.1 Å². The number of likely N-dealkylation sites (N-methyl/N-ethyl adjacent to an activating group) is 1. The summed E-state index contributed by atoms with van der Waals surface area (Å²) in [7, 11) is -1.19. The standard InChI is InChI=1S/C23H28N2O4S/c1-25-12-4-3-5-21(25)23(26)24-15-19-14-18-13-17(8-11-22(18)29-19)16-6-9-20(10-7-16)30(2,27)28/h6-11,13,19,21H,3-5,12,14-15H2,1-2H3,(H,24,26)/t19-,21+/m1/s1. The predicted molar refractivity (Wildman–Crippen MR) is 116 cm³/mol. The highest BCUT2D eigenvalue weighted by atomic mass is 32.2. The Kier molecular flexibility index (Phi) is 5.84. The van der Waals surface area contributed by atoms with Crippen LogP contribution in [0.2, 0.25) is 0 Å². The Morgan fingerprint density at radius 2 is 1.87 bits per heavy atom. The summed E-state index contributed by atoms with van der Waals surface area (Å²) in [5.41, 5.74) is 3.09. The van der Waals surface area contributed by atoms with Crippen molar-refractivity contribution in [1.82, 2.24) is 10.2 Å². The van der Waals surface area contributed by atoms with E-state index in [-0.39, 0.29) is 18.1 Å². The van der Waals surface area contributed by atoms with Crippen molar-refractivity contribution in [2.24, 2.45) is 0 Å². The van der Waals surface area contributed by atoms with E-state index in [4.69, 9.17) is 4.74 Å². The zero-order valence-electron chi connectivity index (χ0n) is 17.4. The molecule has 160 valence electrons. The summed E-state index contributed by atoms with van der Waals surface area (Å²) in [5.74, 6) is 0.934. The van der Waals surface area contributed by atoms with Gasteiger partial charge in [0.15, 0.2) is 9.84 Å². The molecule has 0 spiro atoms. The minimum Gasteiger partial charge on any atom is -0.488 e. The first-order valence-electron chi connectivity index (χ1n) is 10.4. The minimum atomic E-state index is -3.20. The van der Waals surface area contributed by atoms with Crippen LogP contribution in [0.1, 0.15) is 24.8 Å². The van der Waals surface area contributed by atoms with Gasteiger partial charge in [0.25, 0.3) is 0 Å². The zero-order chi connectivity index (χ0) is 21.3. The quantitative estimate of drug-likeness (QED) is 0.792. The van der Waals surface area contributed by atoms with E-state index >= 15 is 0 Å². The molecule has 2 aliphatic rings. The number of likely N-dealkylation sites (tertiary alicyclic amines) is 1. The molecule has 0 aromatic heterocycles. The van der Waals surface area contributed by atoms with Crippen molar-refractivity contribution in [2.75, 3.05) is 26.4 Å². The summed E-state index contributed by atoms with van der Waals surface area (Å²) in [6.45, 7) is 1.47. The number of sulfone groups is 1. The van der Waals surface area contributed by atoms with E-state index in [9.17, 15) is 13.2 Å².